The number of unbranched alkanes of at least 4 members (excludes halogenated alkanes) is 1. The van der Waals surface area contributed by atoms with Crippen molar-refractivity contribution in [3.63, 3.8) is 0 Å². The van der Waals surface area contributed by atoms with E-state index in [1.165, 1.54) is 32.4 Å². The zero-order chi connectivity index (χ0) is 7.82. The van der Waals surface area contributed by atoms with E-state index in [2.05, 4.69) is 25.7 Å². The van der Waals surface area contributed by atoms with Crippen LogP contribution in [0.25, 0.3) is 0 Å². The van der Waals surface area contributed by atoms with Gasteiger partial charge in [0.2, 0.25) is 0 Å². The fourth-order valence-corrected chi connectivity index (χ4v) is 1.03. The van der Waals surface area contributed by atoms with Crippen LogP contribution in [0.4, 0.5) is 0 Å². The summed E-state index contributed by atoms with van der Waals surface area (Å²) in [5, 5.41) is 0. The van der Waals surface area contributed by atoms with Crippen LogP contribution in [0.1, 0.15) is 33.1 Å². The molecular formula is C9H20NY-. The quantitative estimate of drug-likeness (QED) is 0.634. The standard InChI is InChI=1S/C9H20N.Y/c1-4-7-9-10(6-3)8-5-2;/h3-9H2,1-2H3;/q-1;. The fourth-order valence-electron chi connectivity index (χ4n) is 1.03. The summed E-state index contributed by atoms with van der Waals surface area (Å²) in [6, 6.07) is 0. The zero-order valence-corrected chi connectivity index (χ0v) is 10.8. The van der Waals surface area contributed by atoms with E-state index < -0.39 is 0 Å². The molecule has 0 spiro atoms. The molecule has 0 atom stereocenters. The van der Waals surface area contributed by atoms with Crippen LogP contribution in [-0.4, -0.2) is 24.5 Å². The molecule has 0 aromatic rings. The van der Waals surface area contributed by atoms with Crippen LogP contribution in [-0.2, 0) is 32.7 Å². The molecule has 0 aliphatic heterocycles. The predicted molar refractivity (Wildman–Crippen MR) is 47.0 cm³/mol. The minimum Gasteiger partial charge on any atom is -0.333 e. The summed E-state index contributed by atoms with van der Waals surface area (Å²) in [6.07, 6.45) is 3.86. The van der Waals surface area contributed by atoms with E-state index in [-0.39, 0.29) is 32.7 Å². The van der Waals surface area contributed by atoms with E-state index in [0.717, 1.165) is 6.54 Å². The van der Waals surface area contributed by atoms with Gasteiger partial charge in [0.1, 0.15) is 0 Å². The normalized spacial score (nSPS) is 9.82. The molecule has 2 heteroatoms. The summed E-state index contributed by atoms with van der Waals surface area (Å²) in [5.74, 6) is 0. The molecule has 0 saturated heterocycles. The van der Waals surface area contributed by atoms with Crippen LogP contribution < -0.4 is 0 Å². The Morgan fingerprint density at radius 3 is 2.09 bits per heavy atom. The van der Waals surface area contributed by atoms with E-state index >= 15 is 0 Å². The molecule has 0 aliphatic rings. The third-order valence-electron chi connectivity index (χ3n) is 1.68. The van der Waals surface area contributed by atoms with E-state index in [0.29, 0.717) is 0 Å². The third-order valence-corrected chi connectivity index (χ3v) is 1.68. The maximum absolute atomic E-state index is 3.88. The average molecular weight is 231 g/mol. The largest absolute Gasteiger partial charge is 0.333 e. The van der Waals surface area contributed by atoms with E-state index in [9.17, 15) is 0 Å². The number of rotatable bonds is 6. The molecule has 65 valence electrons. The molecule has 0 rings (SSSR count). The SMILES string of the molecule is [CH2-]CN(CCC)CCCC.[Y]. The summed E-state index contributed by atoms with van der Waals surface area (Å²) in [5.41, 5.74) is 0. The van der Waals surface area contributed by atoms with E-state index in [1.54, 1.807) is 0 Å². The minimum atomic E-state index is 0. The first kappa shape index (κ1) is 14.6. The summed E-state index contributed by atoms with van der Waals surface area (Å²) in [7, 11) is 0. The Kier molecular flexibility index (Phi) is 14.7. The molecule has 0 amide bonds. The molecule has 0 bridgehead atoms. The molecular weight excluding hydrogens is 211 g/mol. The first-order valence-corrected chi connectivity index (χ1v) is 4.36. The second-order valence-corrected chi connectivity index (χ2v) is 2.70. The maximum Gasteiger partial charge on any atom is 0 e. The van der Waals surface area contributed by atoms with Gasteiger partial charge in [-0.15, -0.1) is 6.54 Å². The number of hydrogen-bond donors (Lipinski definition) is 0. The maximum atomic E-state index is 3.88. The smallest absolute Gasteiger partial charge is 0 e. The molecule has 0 saturated carbocycles. The zero-order valence-electron chi connectivity index (χ0n) is 7.97. The summed E-state index contributed by atoms with van der Waals surface area (Å²) in [6.45, 7) is 11.7. The molecule has 0 unspecified atom stereocenters. The molecule has 1 nitrogen and oxygen atoms in total. The molecule has 0 aromatic carbocycles. The van der Waals surface area contributed by atoms with Crippen molar-refractivity contribution >= 4 is 0 Å². The molecule has 1 radical (unpaired) electrons. The average Bonchev–Trinajstić information content (AvgIpc) is 1.98. The van der Waals surface area contributed by atoms with Crippen molar-refractivity contribution < 1.29 is 32.7 Å². The summed E-state index contributed by atoms with van der Waals surface area (Å²) < 4.78 is 0. The van der Waals surface area contributed by atoms with Crippen molar-refractivity contribution in [2.45, 2.75) is 33.1 Å². The van der Waals surface area contributed by atoms with Gasteiger partial charge in [-0.1, -0.05) is 20.3 Å². The molecule has 11 heavy (non-hydrogen) atoms. The van der Waals surface area contributed by atoms with Crippen molar-refractivity contribution in [2.75, 3.05) is 19.6 Å². The Bertz CT molecular complexity index is 66.6. The van der Waals surface area contributed by atoms with Gasteiger partial charge >= 0.3 is 0 Å². The van der Waals surface area contributed by atoms with Gasteiger partial charge in [-0.3, -0.25) is 0 Å². The molecule has 0 heterocycles. The number of hydrogen-bond acceptors (Lipinski definition) is 1. The predicted octanol–water partition coefficient (Wildman–Crippen LogP) is 2.33. The van der Waals surface area contributed by atoms with Gasteiger partial charge in [-0.25, -0.2) is 0 Å². The molecule has 0 fully saturated rings. The first-order valence-electron chi connectivity index (χ1n) is 4.36. The Hall–Kier alpha value is 1.06. The molecule has 0 N–H and O–H groups in total. The van der Waals surface area contributed by atoms with E-state index in [4.69, 9.17) is 0 Å². The van der Waals surface area contributed by atoms with Gasteiger partial charge in [0.05, 0.1) is 0 Å². The van der Waals surface area contributed by atoms with Crippen LogP contribution in [0.3, 0.4) is 0 Å². The van der Waals surface area contributed by atoms with Gasteiger partial charge < -0.3 is 11.8 Å². The van der Waals surface area contributed by atoms with Crippen LogP contribution in [0.15, 0.2) is 0 Å². The Morgan fingerprint density at radius 1 is 1.09 bits per heavy atom. The van der Waals surface area contributed by atoms with Gasteiger partial charge in [-0.05, 0) is 25.9 Å². The van der Waals surface area contributed by atoms with Crippen LogP contribution in [0.2, 0.25) is 0 Å². The Labute approximate surface area is 96.8 Å². The Balaban J connectivity index is 0. The van der Waals surface area contributed by atoms with Crippen LogP contribution in [0, 0.1) is 6.92 Å². The summed E-state index contributed by atoms with van der Waals surface area (Å²) >= 11 is 0. The van der Waals surface area contributed by atoms with E-state index in [1.807, 2.05) is 0 Å². The first-order chi connectivity index (χ1) is 4.85. The minimum absolute atomic E-state index is 0. The number of nitrogens with zero attached hydrogens (tertiary/aromatic N) is 1. The molecule has 0 aliphatic carbocycles. The van der Waals surface area contributed by atoms with Gasteiger partial charge in [0.25, 0.3) is 0 Å². The van der Waals surface area contributed by atoms with Crippen molar-refractivity contribution in [3.8, 4) is 0 Å². The van der Waals surface area contributed by atoms with Gasteiger partial charge in [0, 0.05) is 32.7 Å². The Morgan fingerprint density at radius 2 is 1.73 bits per heavy atom. The monoisotopic (exact) mass is 231 g/mol. The van der Waals surface area contributed by atoms with Crippen molar-refractivity contribution in [1.29, 1.82) is 0 Å². The van der Waals surface area contributed by atoms with Gasteiger partial charge in [0.15, 0.2) is 0 Å². The third kappa shape index (κ3) is 8.97. The van der Waals surface area contributed by atoms with Crippen molar-refractivity contribution in [1.82, 2.24) is 4.90 Å². The topological polar surface area (TPSA) is 3.24 Å². The summed E-state index contributed by atoms with van der Waals surface area (Å²) in [4.78, 5) is 2.41. The van der Waals surface area contributed by atoms with Crippen LogP contribution >= 0.6 is 0 Å². The second kappa shape index (κ2) is 11.1. The van der Waals surface area contributed by atoms with Crippen molar-refractivity contribution in [2.24, 2.45) is 0 Å². The van der Waals surface area contributed by atoms with Crippen LogP contribution in [0.5, 0.6) is 0 Å². The van der Waals surface area contributed by atoms with Gasteiger partial charge in [-0.2, -0.15) is 0 Å². The second-order valence-electron chi connectivity index (χ2n) is 2.70. The molecule has 0 aromatic heterocycles. The van der Waals surface area contributed by atoms with Crippen molar-refractivity contribution in [3.05, 3.63) is 6.92 Å². The fraction of sp³-hybridized carbons (Fsp3) is 0.889.